The number of carbonyl (C=O) groups is 2. The molecule has 1 amide bonds. The summed E-state index contributed by atoms with van der Waals surface area (Å²) in [5.74, 6) is -1.27. The van der Waals surface area contributed by atoms with Gasteiger partial charge in [-0.15, -0.1) is 0 Å². The maximum Gasteiger partial charge on any atom is 0.328 e. The molecule has 132 valence electrons. The second-order valence-electron chi connectivity index (χ2n) is 6.28. The van der Waals surface area contributed by atoms with Crippen LogP contribution in [0.5, 0.6) is 0 Å². The largest absolute Gasteiger partial charge is 0.480 e. The van der Waals surface area contributed by atoms with Crippen LogP contribution < -0.4 is 16.6 Å². The van der Waals surface area contributed by atoms with Gasteiger partial charge in [0.25, 0.3) is 11.5 Å². The van der Waals surface area contributed by atoms with Crippen molar-refractivity contribution in [1.29, 1.82) is 0 Å². The van der Waals surface area contributed by atoms with Crippen LogP contribution in [0.3, 0.4) is 0 Å². The maximum absolute atomic E-state index is 12.3. The molecule has 25 heavy (non-hydrogen) atoms. The van der Waals surface area contributed by atoms with Gasteiger partial charge in [0.15, 0.2) is 0 Å². The summed E-state index contributed by atoms with van der Waals surface area (Å²) in [6, 6.07) is 3.37. The molecular formula is C17H19N3O5. The first-order chi connectivity index (χ1) is 11.9. The Hall–Kier alpha value is -2.90. The number of aromatic amines is 1. The van der Waals surface area contributed by atoms with Gasteiger partial charge in [-0.2, -0.15) is 0 Å². The SMILES string of the molecule is CCn1c(=O)[nH]c2cc(C(=O)NC(CC3CC3)C(=O)O)ccc2c1=O. The molecule has 1 aromatic heterocycles. The number of rotatable bonds is 6. The van der Waals surface area contributed by atoms with Crippen molar-refractivity contribution in [2.24, 2.45) is 5.92 Å². The average molecular weight is 345 g/mol. The number of aliphatic carboxylic acids is 1. The number of nitrogens with zero attached hydrogens (tertiary/aromatic N) is 1. The third-order valence-corrected chi connectivity index (χ3v) is 4.43. The molecule has 1 aliphatic rings. The molecule has 3 N–H and O–H groups in total. The molecule has 1 aliphatic carbocycles. The van der Waals surface area contributed by atoms with Crippen molar-refractivity contribution in [1.82, 2.24) is 14.9 Å². The van der Waals surface area contributed by atoms with Crippen molar-refractivity contribution in [3.8, 4) is 0 Å². The average Bonchev–Trinajstić information content (AvgIpc) is 3.38. The number of aromatic nitrogens is 2. The van der Waals surface area contributed by atoms with E-state index in [1.54, 1.807) is 6.92 Å². The lowest BCUT2D eigenvalue weighted by Crippen LogP contribution is -2.41. The second-order valence-corrected chi connectivity index (χ2v) is 6.28. The fourth-order valence-corrected chi connectivity index (χ4v) is 2.83. The second kappa shape index (κ2) is 6.54. The Bertz CT molecular complexity index is 955. The van der Waals surface area contributed by atoms with Gasteiger partial charge in [0.1, 0.15) is 6.04 Å². The van der Waals surface area contributed by atoms with Gasteiger partial charge in [-0.3, -0.25) is 14.2 Å². The zero-order valence-electron chi connectivity index (χ0n) is 13.7. The van der Waals surface area contributed by atoms with E-state index in [0.29, 0.717) is 17.7 Å². The molecule has 1 heterocycles. The smallest absolute Gasteiger partial charge is 0.328 e. The normalized spacial score (nSPS) is 15.1. The molecule has 0 radical (unpaired) electrons. The molecule has 1 atom stereocenters. The van der Waals surface area contributed by atoms with Gasteiger partial charge < -0.3 is 15.4 Å². The Balaban J connectivity index is 1.90. The van der Waals surface area contributed by atoms with E-state index in [0.717, 1.165) is 17.4 Å². The summed E-state index contributed by atoms with van der Waals surface area (Å²) < 4.78 is 1.07. The van der Waals surface area contributed by atoms with E-state index < -0.39 is 29.2 Å². The Morgan fingerprint density at radius 1 is 1.36 bits per heavy atom. The number of hydrogen-bond acceptors (Lipinski definition) is 4. The van der Waals surface area contributed by atoms with E-state index in [-0.39, 0.29) is 17.6 Å². The van der Waals surface area contributed by atoms with Crippen LogP contribution >= 0.6 is 0 Å². The van der Waals surface area contributed by atoms with Crippen LogP contribution in [0.4, 0.5) is 0 Å². The predicted octanol–water partition coefficient (Wildman–Crippen LogP) is 0.693. The standard InChI is InChI=1S/C17H19N3O5/c1-2-20-15(22)11-6-5-10(8-12(11)19-17(20)25)14(21)18-13(16(23)24)7-9-3-4-9/h5-6,8-9,13H,2-4,7H2,1H3,(H,18,21)(H,19,25)(H,23,24). The van der Waals surface area contributed by atoms with Gasteiger partial charge in [-0.1, -0.05) is 12.8 Å². The molecule has 1 fully saturated rings. The number of nitrogens with one attached hydrogen (secondary N) is 2. The molecule has 8 nitrogen and oxygen atoms in total. The van der Waals surface area contributed by atoms with Crippen LogP contribution in [-0.4, -0.2) is 32.6 Å². The predicted molar refractivity (Wildman–Crippen MR) is 90.7 cm³/mol. The summed E-state index contributed by atoms with van der Waals surface area (Å²) in [5, 5.41) is 12.0. The van der Waals surface area contributed by atoms with Crippen molar-refractivity contribution in [2.75, 3.05) is 0 Å². The van der Waals surface area contributed by atoms with Gasteiger partial charge in [0.05, 0.1) is 10.9 Å². The van der Waals surface area contributed by atoms with Gasteiger partial charge in [0, 0.05) is 12.1 Å². The third-order valence-electron chi connectivity index (χ3n) is 4.43. The van der Waals surface area contributed by atoms with Crippen LogP contribution in [0, 0.1) is 5.92 Å². The topological polar surface area (TPSA) is 121 Å². The van der Waals surface area contributed by atoms with E-state index in [2.05, 4.69) is 10.3 Å². The minimum atomic E-state index is -1.07. The van der Waals surface area contributed by atoms with E-state index in [4.69, 9.17) is 0 Å². The quantitative estimate of drug-likeness (QED) is 0.711. The van der Waals surface area contributed by atoms with Crippen molar-refractivity contribution < 1.29 is 14.7 Å². The molecule has 1 aromatic carbocycles. The molecule has 1 saturated carbocycles. The summed E-state index contributed by atoms with van der Waals surface area (Å²) in [6.45, 7) is 1.93. The monoisotopic (exact) mass is 345 g/mol. The number of benzene rings is 1. The lowest BCUT2D eigenvalue weighted by Gasteiger charge is -2.14. The van der Waals surface area contributed by atoms with Gasteiger partial charge in [-0.25, -0.2) is 9.59 Å². The summed E-state index contributed by atoms with van der Waals surface area (Å²) in [4.78, 5) is 50.3. The van der Waals surface area contributed by atoms with Crippen molar-refractivity contribution >= 4 is 22.8 Å². The van der Waals surface area contributed by atoms with Crippen LogP contribution in [0.2, 0.25) is 0 Å². The minimum Gasteiger partial charge on any atom is -0.480 e. The maximum atomic E-state index is 12.3. The van der Waals surface area contributed by atoms with Gasteiger partial charge in [0.2, 0.25) is 0 Å². The van der Waals surface area contributed by atoms with E-state index in [9.17, 15) is 24.3 Å². The zero-order chi connectivity index (χ0) is 18.1. The van der Waals surface area contributed by atoms with Crippen molar-refractivity contribution in [2.45, 2.75) is 38.8 Å². The van der Waals surface area contributed by atoms with E-state index >= 15 is 0 Å². The molecule has 0 spiro atoms. The molecule has 0 bridgehead atoms. The summed E-state index contributed by atoms with van der Waals surface area (Å²) in [7, 11) is 0. The first kappa shape index (κ1) is 16.9. The van der Waals surface area contributed by atoms with Crippen molar-refractivity contribution in [3.63, 3.8) is 0 Å². The Labute approximate surface area is 142 Å². The lowest BCUT2D eigenvalue weighted by molar-refractivity contribution is -0.139. The summed E-state index contributed by atoms with van der Waals surface area (Å²) >= 11 is 0. The molecule has 3 rings (SSSR count). The number of carboxylic acids is 1. The highest BCUT2D eigenvalue weighted by atomic mass is 16.4. The number of carbonyl (C=O) groups excluding carboxylic acids is 1. The molecular weight excluding hydrogens is 326 g/mol. The van der Waals surface area contributed by atoms with Crippen LogP contribution in [-0.2, 0) is 11.3 Å². The first-order valence-corrected chi connectivity index (χ1v) is 8.21. The van der Waals surface area contributed by atoms with Crippen LogP contribution in [0.1, 0.15) is 36.5 Å². The third kappa shape index (κ3) is 3.47. The van der Waals surface area contributed by atoms with E-state index in [1.165, 1.54) is 18.2 Å². The highest BCUT2D eigenvalue weighted by Crippen LogP contribution is 2.33. The minimum absolute atomic E-state index is 0.193. The molecule has 0 aliphatic heterocycles. The van der Waals surface area contributed by atoms with Crippen LogP contribution in [0.25, 0.3) is 10.9 Å². The molecule has 8 heteroatoms. The number of H-pyrrole nitrogens is 1. The lowest BCUT2D eigenvalue weighted by atomic mass is 10.1. The summed E-state index contributed by atoms with van der Waals surface area (Å²) in [6.07, 6.45) is 2.38. The Morgan fingerprint density at radius 2 is 2.08 bits per heavy atom. The van der Waals surface area contributed by atoms with Gasteiger partial charge in [-0.05, 0) is 37.5 Å². The number of hydrogen-bond donors (Lipinski definition) is 3. The van der Waals surface area contributed by atoms with Crippen molar-refractivity contribution in [3.05, 3.63) is 44.6 Å². The highest BCUT2D eigenvalue weighted by Gasteiger charge is 2.30. The number of amides is 1. The number of fused-ring (bicyclic) bond motifs is 1. The summed E-state index contributed by atoms with van der Waals surface area (Å²) in [5.41, 5.74) is -0.527. The molecule has 2 aromatic rings. The fourth-order valence-electron chi connectivity index (χ4n) is 2.83. The Morgan fingerprint density at radius 3 is 2.68 bits per heavy atom. The number of carboxylic acid groups (broad SMARTS) is 1. The fraction of sp³-hybridized carbons (Fsp3) is 0.412. The molecule has 0 saturated heterocycles. The van der Waals surface area contributed by atoms with Gasteiger partial charge >= 0.3 is 11.7 Å². The van der Waals surface area contributed by atoms with E-state index in [1.807, 2.05) is 0 Å². The first-order valence-electron chi connectivity index (χ1n) is 8.21. The molecule has 1 unspecified atom stereocenters. The van der Waals surface area contributed by atoms with Crippen LogP contribution in [0.15, 0.2) is 27.8 Å². The highest BCUT2D eigenvalue weighted by molar-refractivity contribution is 5.99. The zero-order valence-corrected chi connectivity index (χ0v) is 13.7. The Kier molecular flexibility index (Phi) is 4.43.